The quantitative estimate of drug-likeness (QED) is 0.414. The molecule has 0 spiro atoms. The van der Waals surface area contributed by atoms with Gasteiger partial charge in [-0.05, 0) is 64.5 Å². The number of rotatable bonds is 7. The van der Waals surface area contributed by atoms with Gasteiger partial charge in [0.2, 0.25) is 0 Å². The highest BCUT2D eigenvalue weighted by molar-refractivity contribution is 5.84. The first-order chi connectivity index (χ1) is 14.5. The number of ether oxygens (including phenoxy) is 2. The number of benzene rings is 2. The Kier molecular flexibility index (Phi) is 7.73. The molecule has 0 bridgehead atoms. The lowest BCUT2D eigenvalue weighted by Crippen LogP contribution is -2.30. The molecule has 2 nitrogen and oxygen atoms in total. The molecule has 0 heterocycles. The highest BCUT2D eigenvalue weighted by atomic mass is 16.7. The standard InChI is InChI=1S/C29H44O2/c1-21(30-18-17-22-11-9-8-10-12-22)31-26-16-15-23-19-25(14-13-24(23)20-26)27(28(2,3)4)29(5,6)7/h13-16,19-22,27H,8-12,17-18H2,1-7H3. The van der Waals surface area contributed by atoms with Crippen LogP contribution in [0.5, 0.6) is 5.75 Å². The van der Waals surface area contributed by atoms with Crippen LogP contribution < -0.4 is 4.74 Å². The molecule has 1 fully saturated rings. The summed E-state index contributed by atoms with van der Waals surface area (Å²) in [6, 6.07) is 13.3. The van der Waals surface area contributed by atoms with Gasteiger partial charge >= 0.3 is 0 Å². The fraction of sp³-hybridized carbons (Fsp3) is 0.655. The van der Waals surface area contributed by atoms with E-state index in [-0.39, 0.29) is 17.1 Å². The van der Waals surface area contributed by atoms with Crippen molar-refractivity contribution in [3.63, 3.8) is 0 Å². The van der Waals surface area contributed by atoms with Gasteiger partial charge in [0.15, 0.2) is 6.29 Å². The number of hydrogen-bond donors (Lipinski definition) is 0. The van der Waals surface area contributed by atoms with E-state index in [1.54, 1.807) is 0 Å². The Balaban J connectivity index is 1.64. The zero-order valence-electron chi connectivity index (χ0n) is 21.0. The van der Waals surface area contributed by atoms with Crippen molar-refractivity contribution in [1.29, 1.82) is 0 Å². The first-order valence-electron chi connectivity index (χ1n) is 12.4. The molecule has 2 aromatic carbocycles. The highest BCUT2D eigenvalue weighted by Crippen LogP contribution is 2.47. The Morgan fingerprint density at radius 3 is 2.10 bits per heavy atom. The van der Waals surface area contributed by atoms with Crippen LogP contribution in [0, 0.1) is 16.7 Å². The van der Waals surface area contributed by atoms with Gasteiger partial charge in [0.1, 0.15) is 5.75 Å². The van der Waals surface area contributed by atoms with Crippen LogP contribution in [0.15, 0.2) is 36.4 Å². The van der Waals surface area contributed by atoms with Gasteiger partial charge in [0.25, 0.3) is 0 Å². The lowest BCUT2D eigenvalue weighted by atomic mass is 9.63. The van der Waals surface area contributed by atoms with E-state index in [0.29, 0.717) is 5.92 Å². The molecule has 3 rings (SSSR count). The van der Waals surface area contributed by atoms with E-state index >= 15 is 0 Å². The molecule has 0 N–H and O–H groups in total. The Morgan fingerprint density at radius 2 is 1.45 bits per heavy atom. The summed E-state index contributed by atoms with van der Waals surface area (Å²) in [5.41, 5.74) is 1.83. The Labute approximate surface area is 190 Å². The van der Waals surface area contributed by atoms with E-state index in [1.165, 1.54) is 48.4 Å². The molecule has 0 radical (unpaired) electrons. The molecule has 0 amide bonds. The van der Waals surface area contributed by atoms with Gasteiger partial charge in [-0.25, -0.2) is 0 Å². The Bertz CT molecular complexity index is 820. The first-order valence-corrected chi connectivity index (χ1v) is 12.4. The zero-order valence-corrected chi connectivity index (χ0v) is 21.0. The largest absolute Gasteiger partial charge is 0.465 e. The van der Waals surface area contributed by atoms with Crippen molar-refractivity contribution in [1.82, 2.24) is 0 Å². The molecule has 1 saturated carbocycles. The predicted octanol–water partition coefficient (Wildman–Crippen LogP) is 8.73. The second-order valence-electron chi connectivity index (χ2n) is 11.8. The maximum absolute atomic E-state index is 6.08. The average molecular weight is 425 g/mol. The minimum atomic E-state index is -0.216. The Morgan fingerprint density at radius 1 is 0.839 bits per heavy atom. The molecular formula is C29H44O2. The lowest BCUT2D eigenvalue weighted by Gasteiger charge is -2.41. The smallest absolute Gasteiger partial charge is 0.196 e. The maximum Gasteiger partial charge on any atom is 0.196 e. The van der Waals surface area contributed by atoms with Gasteiger partial charge in [-0.2, -0.15) is 0 Å². The first kappa shape index (κ1) is 24.1. The second kappa shape index (κ2) is 9.94. The summed E-state index contributed by atoms with van der Waals surface area (Å²) < 4.78 is 12.0. The van der Waals surface area contributed by atoms with Gasteiger partial charge in [-0.1, -0.05) is 97.9 Å². The van der Waals surface area contributed by atoms with E-state index < -0.39 is 0 Å². The average Bonchev–Trinajstić information content (AvgIpc) is 2.66. The van der Waals surface area contributed by atoms with Crippen molar-refractivity contribution < 1.29 is 9.47 Å². The SMILES string of the molecule is CC(OCCC1CCCCC1)Oc1ccc2cc(C(C(C)(C)C)C(C)(C)C)ccc2c1. The summed E-state index contributed by atoms with van der Waals surface area (Å²) >= 11 is 0. The van der Waals surface area contributed by atoms with Gasteiger partial charge in [0.05, 0.1) is 6.61 Å². The van der Waals surface area contributed by atoms with Crippen molar-refractivity contribution in [2.24, 2.45) is 16.7 Å². The third-order valence-electron chi connectivity index (χ3n) is 6.81. The van der Waals surface area contributed by atoms with Crippen LogP contribution in [-0.4, -0.2) is 12.9 Å². The molecule has 2 aromatic rings. The van der Waals surface area contributed by atoms with E-state index in [0.717, 1.165) is 24.7 Å². The van der Waals surface area contributed by atoms with E-state index in [4.69, 9.17) is 9.47 Å². The maximum atomic E-state index is 6.08. The summed E-state index contributed by atoms with van der Waals surface area (Å²) in [7, 11) is 0. The van der Waals surface area contributed by atoms with Crippen molar-refractivity contribution >= 4 is 10.8 Å². The number of fused-ring (bicyclic) bond motifs is 1. The molecule has 2 heteroatoms. The topological polar surface area (TPSA) is 18.5 Å². The molecular weight excluding hydrogens is 380 g/mol. The molecule has 1 aliphatic carbocycles. The lowest BCUT2D eigenvalue weighted by molar-refractivity contribution is -0.0710. The molecule has 31 heavy (non-hydrogen) atoms. The summed E-state index contributed by atoms with van der Waals surface area (Å²) in [4.78, 5) is 0. The van der Waals surface area contributed by atoms with Crippen LogP contribution in [0.3, 0.4) is 0 Å². The van der Waals surface area contributed by atoms with Crippen molar-refractivity contribution in [3.05, 3.63) is 42.0 Å². The second-order valence-corrected chi connectivity index (χ2v) is 11.8. The highest BCUT2D eigenvalue weighted by Gasteiger charge is 2.36. The monoisotopic (exact) mass is 424 g/mol. The van der Waals surface area contributed by atoms with Crippen molar-refractivity contribution in [2.75, 3.05) is 6.61 Å². The predicted molar refractivity (Wildman–Crippen MR) is 133 cm³/mol. The molecule has 1 aliphatic rings. The molecule has 172 valence electrons. The Hall–Kier alpha value is -1.54. The van der Waals surface area contributed by atoms with Crippen LogP contribution in [0.25, 0.3) is 10.8 Å². The molecule has 1 atom stereocenters. The van der Waals surface area contributed by atoms with Gasteiger partial charge in [-0.3, -0.25) is 0 Å². The van der Waals surface area contributed by atoms with Crippen LogP contribution in [0.4, 0.5) is 0 Å². The summed E-state index contributed by atoms with van der Waals surface area (Å²) in [6.07, 6.45) is 7.88. The molecule has 0 saturated heterocycles. The minimum Gasteiger partial charge on any atom is -0.465 e. The fourth-order valence-corrected chi connectivity index (χ4v) is 5.90. The van der Waals surface area contributed by atoms with E-state index in [2.05, 4.69) is 77.9 Å². The third kappa shape index (κ3) is 6.72. The fourth-order valence-electron chi connectivity index (χ4n) is 5.90. The van der Waals surface area contributed by atoms with Gasteiger partial charge < -0.3 is 9.47 Å². The van der Waals surface area contributed by atoms with E-state index in [9.17, 15) is 0 Å². The molecule has 1 unspecified atom stereocenters. The van der Waals surface area contributed by atoms with Crippen LogP contribution >= 0.6 is 0 Å². The van der Waals surface area contributed by atoms with Gasteiger partial charge in [-0.15, -0.1) is 0 Å². The summed E-state index contributed by atoms with van der Waals surface area (Å²) in [6.45, 7) is 16.9. The number of hydrogen-bond acceptors (Lipinski definition) is 2. The summed E-state index contributed by atoms with van der Waals surface area (Å²) in [5, 5.41) is 2.49. The van der Waals surface area contributed by atoms with Crippen LogP contribution in [-0.2, 0) is 4.74 Å². The third-order valence-corrected chi connectivity index (χ3v) is 6.81. The zero-order chi connectivity index (χ0) is 22.6. The molecule has 0 aromatic heterocycles. The van der Waals surface area contributed by atoms with Crippen molar-refractivity contribution in [3.8, 4) is 5.75 Å². The summed E-state index contributed by atoms with van der Waals surface area (Å²) in [5.74, 6) is 2.22. The molecule has 0 aliphatic heterocycles. The van der Waals surface area contributed by atoms with Crippen LogP contribution in [0.1, 0.15) is 98.5 Å². The minimum absolute atomic E-state index is 0.208. The van der Waals surface area contributed by atoms with Crippen molar-refractivity contribution in [2.45, 2.75) is 99.2 Å². The van der Waals surface area contributed by atoms with Gasteiger partial charge in [0, 0.05) is 0 Å². The van der Waals surface area contributed by atoms with E-state index in [1.807, 2.05) is 6.92 Å². The van der Waals surface area contributed by atoms with Crippen LogP contribution in [0.2, 0.25) is 0 Å². The normalized spacial score (nSPS) is 17.3.